The van der Waals surface area contributed by atoms with Gasteiger partial charge in [0.05, 0.1) is 16.7 Å². The standard InChI is InChI=1S/C24H19Cl2F2N3O3/c1-34-9-8-31-22(29-14-3-6-20(27)18(25)11-14)16-5-2-13(10-17(16)24(31)33)23(32)30-15-4-7-21(28)19(26)12-15/h2-7,10-12,22,29H,8-9H2,1H3,(H,30,32). The van der Waals surface area contributed by atoms with Gasteiger partial charge in [-0.25, -0.2) is 8.78 Å². The van der Waals surface area contributed by atoms with Gasteiger partial charge in [-0.2, -0.15) is 0 Å². The van der Waals surface area contributed by atoms with Gasteiger partial charge in [-0.15, -0.1) is 0 Å². The maximum Gasteiger partial charge on any atom is 0.256 e. The first kappa shape index (κ1) is 23.9. The number of ether oxygens (including phenoxy) is 1. The van der Waals surface area contributed by atoms with Crippen molar-refractivity contribution < 1.29 is 23.1 Å². The number of carbonyl (C=O) groups excluding carboxylic acids is 2. The van der Waals surface area contributed by atoms with Crippen LogP contribution in [0.2, 0.25) is 10.0 Å². The van der Waals surface area contributed by atoms with Crippen LogP contribution in [0, 0.1) is 11.6 Å². The molecule has 0 aliphatic carbocycles. The Bertz CT molecular complexity index is 1270. The van der Waals surface area contributed by atoms with Gasteiger partial charge in [0.1, 0.15) is 17.8 Å². The summed E-state index contributed by atoms with van der Waals surface area (Å²) in [6, 6.07) is 12.8. The number of nitrogens with zero attached hydrogens (tertiary/aromatic N) is 1. The molecular weight excluding hydrogens is 487 g/mol. The van der Waals surface area contributed by atoms with Crippen LogP contribution in [-0.2, 0) is 4.74 Å². The van der Waals surface area contributed by atoms with Gasteiger partial charge in [-0.3, -0.25) is 9.59 Å². The molecule has 4 rings (SSSR count). The average Bonchev–Trinajstić information content (AvgIpc) is 3.07. The van der Waals surface area contributed by atoms with Gasteiger partial charge < -0.3 is 20.3 Å². The molecule has 1 aliphatic rings. The van der Waals surface area contributed by atoms with Crippen LogP contribution in [0.15, 0.2) is 54.6 Å². The van der Waals surface area contributed by atoms with E-state index in [0.717, 1.165) is 6.07 Å². The van der Waals surface area contributed by atoms with Crippen LogP contribution in [0.3, 0.4) is 0 Å². The summed E-state index contributed by atoms with van der Waals surface area (Å²) in [4.78, 5) is 27.5. The summed E-state index contributed by atoms with van der Waals surface area (Å²) in [6.07, 6.45) is -0.577. The highest BCUT2D eigenvalue weighted by molar-refractivity contribution is 6.31. The Labute approximate surface area is 204 Å². The fourth-order valence-corrected chi connectivity index (χ4v) is 4.02. The van der Waals surface area contributed by atoms with E-state index in [9.17, 15) is 18.4 Å². The summed E-state index contributed by atoms with van der Waals surface area (Å²) in [7, 11) is 1.53. The van der Waals surface area contributed by atoms with Crippen LogP contribution in [0.5, 0.6) is 0 Å². The van der Waals surface area contributed by atoms with Crippen molar-refractivity contribution in [3.05, 3.63) is 93.0 Å². The number of amides is 2. The van der Waals surface area contributed by atoms with E-state index in [1.54, 1.807) is 17.0 Å². The number of carbonyl (C=O) groups is 2. The van der Waals surface area contributed by atoms with Gasteiger partial charge in [0.2, 0.25) is 0 Å². The Kier molecular flexibility index (Phi) is 7.02. The van der Waals surface area contributed by atoms with Crippen molar-refractivity contribution in [2.24, 2.45) is 0 Å². The fraction of sp³-hybridized carbons (Fsp3) is 0.167. The van der Waals surface area contributed by atoms with Gasteiger partial charge >= 0.3 is 0 Å². The minimum absolute atomic E-state index is 0.0501. The molecule has 0 aromatic heterocycles. The molecule has 0 saturated carbocycles. The minimum atomic E-state index is -0.597. The third-order valence-electron chi connectivity index (χ3n) is 5.35. The first-order valence-corrected chi connectivity index (χ1v) is 11.0. The molecule has 0 spiro atoms. The van der Waals surface area contributed by atoms with E-state index in [1.165, 1.54) is 43.5 Å². The number of hydrogen-bond donors (Lipinski definition) is 2. The molecule has 176 valence electrons. The van der Waals surface area contributed by atoms with Crippen LogP contribution in [0.1, 0.15) is 32.4 Å². The summed E-state index contributed by atoms with van der Waals surface area (Å²) in [5.74, 6) is -1.93. The second-order valence-corrected chi connectivity index (χ2v) is 8.37. The lowest BCUT2D eigenvalue weighted by Gasteiger charge is -2.27. The Morgan fingerprint density at radius 1 is 1.00 bits per heavy atom. The number of halogens is 4. The topological polar surface area (TPSA) is 70.7 Å². The second-order valence-electron chi connectivity index (χ2n) is 7.55. The summed E-state index contributed by atoms with van der Waals surface area (Å²) in [6.45, 7) is 0.576. The molecule has 0 radical (unpaired) electrons. The van der Waals surface area contributed by atoms with E-state index >= 15 is 0 Å². The Morgan fingerprint density at radius 3 is 2.29 bits per heavy atom. The van der Waals surface area contributed by atoms with E-state index < -0.39 is 23.7 Å². The summed E-state index contributed by atoms with van der Waals surface area (Å²) >= 11 is 11.7. The van der Waals surface area contributed by atoms with Crippen LogP contribution in [0.25, 0.3) is 0 Å². The molecule has 2 amide bonds. The molecule has 0 saturated heterocycles. The van der Waals surface area contributed by atoms with Gasteiger partial charge in [0.25, 0.3) is 11.8 Å². The zero-order chi connectivity index (χ0) is 24.4. The number of hydrogen-bond acceptors (Lipinski definition) is 4. The van der Waals surface area contributed by atoms with E-state index in [0.29, 0.717) is 29.1 Å². The van der Waals surface area contributed by atoms with E-state index in [4.69, 9.17) is 27.9 Å². The van der Waals surface area contributed by atoms with Crippen molar-refractivity contribution in [2.45, 2.75) is 6.17 Å². The number of methoxy groups -OCH3 is 1. The van der Waals surface area contributed by atoms with Crippen molar-refractivity contribution in [3.63, 3.8) is 0 Å². The highest BCUT2D eigenvalue weighted by Crippen LogP contribution is 2.35. The lowest BCUT2D eigenvalue weighted by atomic mass is 10.0. The molecule has 1 atom stereocenters. The third kappa shape index (κ3) is 4.84. The first-order valence-electron chi connectivity index (χ1n) is 10.2. The van der Waals surface area contributed by atoms with Crippen molar-refractivity contribution >= 4 is 46.4 Å². The molecule has 1 aliphatic heterocycles. The Balaban J connectivity index is 1.62. The summed E-state index contributed by atoms with van der Waals surface area (Å²) < 4.78 is 32.1. The molecule has 0 fully saturated rings. The molecule has 10 heteroatoms. The molecule has 3 aromatic rings. The van der Waals surface area contributed by atoms with Gasteiger partial charge in [-0.05, 0) is 48.5 Å². The molecule has 3 aromatic carbocycles. The number of anilines is 2. The van der Waals surface area contributed by atoms with Gasteiger partial charge in [0, 0.05) is 41.7 Å². The lowest BCUT2D eigenvalue weighted by Crippen LogP contribution is -2.35. The highest BCUT2D eigenvalue weighted by Gasteiger charge is 2.37. The number of rotatable bonds is 7. The molecule has 6 nitrogen and oxygen atoms in total. The Hall–Kier alpha value is -3.20. The van der Waals surface area contributed by atoms with Gasteiger partial charge in [-0.1, -0.05) is 29.3 Å². The second kappa shape index (κ2) is 9.97. The predicted molar refractivity (Wildman–Crippen MR) is 126 cm³/mol. The molecule has 1 heterocycles. The van der Waals surface area contributed by atoms with Crippen LogP contribution in [-0.4, -0.2) is 37.0 Å². The van der Waals surface area contributed by atoms with E-state index in [1.807, 2.05) is 0 Å². The average molecular weight is 506 g/mol. The number of fused-ring (bicyclic) bond motifs is 1. The third-order valence-corrected chi connectivity index (χ3v) is 5.93. The van der Waals surface area contributed by atoms with Crippen molar-refractivity contribution in [3.8, 4) is 0 Å². The van der Waals surface area contributed by atoms with Gasteiger partial charge in [0.15, 0.2) is 0 Å². The van der Waals surface area contributed by atoms with Crippen LogP contribution < -0.4 is 10.6 Å². The quantitative estimate of drug-likeness (QED) is 0.429. The lowest BCUT2D eigenvalue weighted by molar-refractivity contribution is 0.0674. The zero-order valence-corrected chi connectivity index (χ0v) is 19.4. The Morgan fingerprint density at radius 2 is 1.65 bits per heavy atom. The van der Waals surface area contributed by atoms with E-state index in [-0.39, 0.29) is 28.1 Å². The molecule has 34 heavy (non-hydrogen) atoms. The number of benzene rings is 3. The van der Waals surface area contributed by atoms with Crippen molar-refractivity contribution in [2.75, 3.05) is 30.9 Å². The predicted octanol–water partition coefficient (Wildman–Crippen LogP) is 5.74. The van der Waals surface area contributed by atoms with Crippen LogP contribution in [0.4, 0.5) is 20.2 Å². The molecule has 1 unspecified atom stereocenters. The fourth-order valence-electron chi connectivity index (χ4n) is 3.66. The number of nitrogens with one attached hydrogen (secondary N) is 2. The monoisotopic (exact) mass is 505 g/mol. The maximum absolute atomic E-state index is 13.6. The SMILES string of the molecule is COCCN1C(=O)c2cc(C(=O)Nc3ccc(F)c(Cl)c3)ccc2C1Nc1ccc(F)c(Cl)c1. The smallest absolute Gasteiger partial charge is 0.256 e. The summed E-state index contributed by atoms with van der Waals surface area (Å²) in [5, 5.41) is 5.67. The van der Waals surface area contributed by atoms with E-state index in [2.05, 4.69) is 10.6 Å². The molecule has 2 N–H and O–H groups in total. The molecular formula is C24H19Cl2F2N3O3. The van der Waals surface area contributed by atoms with Crippen molar-refractivity contribution in [1.82, 2.24) is 4.90 Å². The van der Waals surface area contributed by atoms with Crippen LogP contribution >= 0.6 is 23.2 Å². The summed E-state index contributed by atoms with van der Waals surface area (Å²) in [5.41, 5.74) is 2.06. The first-order chi connectivity index (χ1) is 16.3. The molecule has 0 bridgehead atoms. The normalized spacial score (nSPS) is 14.8. The maximum atomic E-state index is 13.6. The minimum Gasteiger partial charge on any atom is -0.383 e. The highest BCUT2D eigenvalue weighted by atomic mass is 35.5. The zero-order valence-electron chi connectivity index (χ0n) is 17.9. The van der Waals surface area contributed by atoms with Crippen molar-refractivity contribution in [1.29, 1.82) is 0 Å². The largest absolute Gasteiger partial charge is 0.383 e.